The molecule has 0 aliphatic carbocycles. The lowest BCUT2D eigenvalue weighted by Crippen LogP contribution is -2.46. The Balaban J connectivity index is 2.13. The number of ether oxygens (including phenoxy) is 1. The molecule has 0 aromatic rings. The molecule has 1 atom stereocenters. The molecular formula is C13H26N2O. The van der Waals surface area contributed by atoms with Crippen molar-refractivity contribution in [3.63, 3.8) is 0 Å². The highest BCUT2D eigenvalue weighted by Crippen LogP contribution is 2.10. The van der Waals surface area contributed by atoms with Gasteiger partial charge in [0.1, 0.15) is 0 Å². The van der Waals surface area contributed by atoms with E-state index >= 15 is 0 Å². The molecule has 0 saturated carbocycles. The van der Waals surface area contributed by atoms with Crippen molar-refractivity contribution in [2.24, 2.45) is 0 Å². The first-order valence-electron chi connectivity index (χ1n) is 6.43. The Kier molecular flexibility index (Phi) is 6.69. The molecule has 94 valence electrons. The first kappa shape index (κ1) is 13.7. The molecule has 0 spiro atoms. The Hall–Kier alpha value is -0.380. The van der Waals surface area contributed by atoms with Crippen molar-refractivity contribution in [2.75, 3.05) is 32.8 Å². The van der Waals surface area contributed by atoms with Gasteiger partial charge in [-0.25, -0.2) is 0 Å². The van der Waals surface area contributed by atoms with Gasteiger partial charge in [0, 0.05) is 25.2 Å². The first-order chi connectivity index (χ1) is 7.76. The Labute approximate surface area is 99.8 Å². The number of hydrogen-bond acceptors (Lipinski definition) is 3. The van der Waals surface area contributed by atoms with Crippen molar-refractivity contribution in [1.82, 2.24) is 10.2 Å². The highest BCUT2D eigenvalue weighted by atomic mass is 16.5. The zero-order chi connectivity index (χ0) is 11.8. The van der Waals surface area contributed by atoms with Crippen LogP contribution in [0.3, 0.4) is 0 Å². The number of likely N-dealkylation sites (tertiary alicyclic amines) is 1. The van der Waals surface area contributed by atoms with E-state index in [4.69, 9.17) is 4.74 Å². The number of hydrogen-bond donors (Lipinski definition) is 1. The summed E-state index contributed by atoms with van der Waals surface area (Å²) in [7, 11) is 0. The summed E-state index contributed by atoms with van der Waals surface area (Å²) in [6, 6.07) is 1.13. The predicted octanol–water partition coefficient (Wildman–Crippen LogP) is 1.65. The average molecular weight is 226 g/mol. The molecule has 1 fully saturated rings. The molecule has 0 amide bonds. The van der Waals surface area contributed by atoms with Crippen LogP contribution in [0.2, 0.25) is 0 Å². The minimum atomic E-state index is 0.468. The molecule has 1 aliphatic rings. The summed E-state index contributed by atoms with van der Waals surface area (Å²) >= 11 is 0. The summed E-state index contributed by atoms with van der Waals surface area (Å²) in [4.78, 5) is 2.46. The largest absolute Gasteiger partial charge is 0.380 e. The van der Waals surface area contributed by atoms with Crippen LogP contribution in [-0.2, 0) is 4.74 Å². The number of nitrogens with zero attached hydrogens (tertiary/aromatic N) is 1. The third-order valence-corrected chi connectivity index (χ3v) is 3.07. The van der Waals surface area contributed by atoms with Crippen molar-refractivity contribution < 1.29 is 4.74 Å². The fourth-order valence-corrected chi connectivity index (χ4v) is 2.21. The Morgan fingerprint density at radius 1 is 1.50 bits per heavy atom. The van der Waals surface area contributed by atoms with E-state index < -0.39 is 0 Å². The summed E-state index contributed by atoms with van der Waals surface area (Å²) in [6.07, 6.45) is 4.47. The van der Waals surface area contributed by atoms with Gasteiger partial charge in [-0.2, -0.15) is 0 Å². The SMILES string of the molecule is C=CCN1CCC(NC(C)COCC)CC1. The molecule has 1 unspecified atom stereocenters. The molecule has 3 nitrogen and oxygen atoms in total. The standard InChI is InChI=1S/C13H26N2O/c1-4-8-15-9-6-13(7-10-15)14-12(3)11-16-5-2/h4,12-14H,1,5-11H2,2-3H3. The van der Waals surface area contributed by atoms with Crippen LogP contribution in [0.1, 0.15) is 26.7 Å². The van der Waals surface area contributed by atoms with Gasteiger partial charge in [0.05, 0.1) is 6.61 Å². The minimum Gasteiger partial charge on any atom is -0.380 e. The van der Waals surface area contributed by atoms with Crippen molar-refractivity contribution in [2.45, 2.75) is 38.8 Å². The molecule has 1 rings (SSSR count). The Morgan fingerprint density at radius 2 is 2.19 bits per heavy atom. The maximum absolute atomic E-state index is 5.41. The maximum atomic E-state index is 5.41. The molecule has 0 bridgehead atoms. The van der Waals surface area contributed by atoms with Crippen molar-refractivity contribution in [3.05, 3.63) is 12.7 Å². The van der Waals surface area contributed by atoms with Crippen LogP contribution in [0.4, 0.5) is 0 Å². The normalized spacial score (nSPS) is 20.9. The van der Waals surface area contributed by atoms with Gasteiger partial charge in [0.15, 0.2) is 0 Å². The molecule has 3 heteroatoms. The molecule has 0 radical (unpaired) electrons. The molecule has 16 heavy (non-hydrogen) atoms. The van der Waals surface area contributed by atoms with E-state index in [1.165, 1.54) is 25.9 Å². The van der Waals surface area contributed by atoms with Gasteiger partial charge >= 0.3 is 0 Å². The summed E-state index contributed by atoms with van der Waals surface area (Å²) in [5, 5.41) is 3.64. The number of piperidine rings is 1. The van der Waals surface area contributed by atoms with E-state index in [2.05, 4.69) is 23.7 Å². The highest BCUT2D eigenvalue weighted by Gasteiger charge is 2.19. The van der Waals surface area contributed by atoms with Crippen LogP contribution in [0.5, 0.6) is 0 Å². The van der Waals surface area contributed by atoms with Crippen molar-refractivity contribution in [3.8, 4) is 0 Å². The molecule has 1 heterocycles. The van der Waals surface area contributed by atoms with Crippen LogP contribution >= 0.6 is 0 Å². The van der Waals surface area contributed by atoms with Crippen molar-refractivity contribution >= 4 is 0 Å². The lowest BCUT2D eigenvalue weighted by atomic mass is 10.0. The second-order valence-electron chi connectivity index (χ2n) is 4.59. The minimum absolute atomic E-state index is 0.468. The van der Waals surface area contributed by atoms with E-state index in [0.717, 1.165) is 19.8 Å². The van der Waals surface area contributed by atoms with Crippen LogP contribution < -0.4 is 5.32 Å². The number of rotatable bonds is 7. The highest BCUT2D eigenvalue weighted by molar-refractivity contribution is 4.82. The van der Waals surface area contributed by atoms with E-state index in [-0.39, 0.29) is 0 Å². The fraction of sp³-hybridized carbons (Fsp3) is 0.846. The molecule has 1 N–H and O–H groups in total. The van der Waals surface area contributed by atoms with E-state index in [0.29, 0.717) is 12.1 Å². The van der Waals surface area contributed by atoms with Crippen molar-refractivity contribution in [1.29, 1.82) is 0 Å². The van der Waals surface area contributed by atoms with Gasteiger partial charge in [0.25, 0.3) is 0 Å². The average Bonchev–Trinajstić information content (AvgIpc) is 2.29. The van der Waals surface area contributed by atoms with Crippen LogP contribution in [0, 0.1) is 0 Å². The second-order valence-corrected chi connectivity index (χ2v) is 4.59. The van der Waals surface area contributed by atoms with Crippen LogP contribution in [-0.4, -0.2) is 49.8 Å². The molecule has 1 aliphatic heterocycles. The van der Waals surface area contributed by atoms with Crippen LogP contribution in [0.15, 0.2) is 12.7 Å². The summed E-state index contributed by atoms with van der Waals surface area (Å²) < 4.78 is 5.41. The topological polar surface area (TPSA) is 24.5 Å². The third-order valence-electron chi connectivity index (χ3n) is 3.07. The summed E-state index contributed by atoms with van der Waals surface area (Å²) in [5.41, 5.74) is 0. The second kappa shape index (κ2) is 7.82. The Morgan fingerprint density at radius 3 is 2.75 bits per heavy atom. The van der Waals surface area contributed by atoms with E-state index in [1.807, 2.05) is 13.0 Å². The summed E-state index contributed by atoms with van der Waals surface area (Å²) in [6.45, 7) is 13.1. The van der Waals surface area contributed by atoms with Gasteiger partial charge in [-0.3, -0.25) is 4.90 Å². The molecule has 0 aromatic carbocycles. The van der Waals surface area contributed by atoms with Gasteiger partial charge in [0.2, 0.25) is 0 Å². The monoisotopic (exact) mass is 226 g/mol. The molecular weight excluding hydrogens is 200 g/mol. The number of nitrogens with one attached hydrogen (secondary N) is 1. The Bertz CT molecular complexity index is 188. The predicted molar refractivity (Wildman–Crippen MR) is 68.7 cm³/mol. The molecule has 0 aromatic heterocycles. The van der Waals surface area contributed by atoms with Crippen LogP contribution in [0.25, 0.3) is 0 Å². The zero-order valence-electron chi connectivity index (χ0n) is 10.7. The van der Waals surface area contributed by atoms with E-state index in [9.17, 15) is 0 Å². The molecule has 1 saturated heterocycles. The maximum Gasteiger partial charge on any atom is 0.0616 e. The third kappa shape index (κ3) is 5.10. The smallest absolute Gasteiger partial charge is 0.0616 e. The van der Waals surface area contributed by atoms with Gasteiger partial charge < -0.3 is 10.1 Å². The van der Waals surface area contributed by atoms with Gasteiger partial charge in [-0.05, 0) is 39.8 Å². The fourth-order valence-electron chi connectivity index (χ4n) is 2.21. The van der Waals surface area contributed by atoms with E-state index in [1.54, 1.807) is 0 Å². The quantitative estimate of drug-likeness (QED) is 0.668. The lowest BCUT2D eigenvalue weighted by molar-refractivity contribution is 0.116. The lowest BCUT2D eigenvalue weighted by Gasteiger charge is -2.33. The van der Waals surface area contributed by atoms with Gasteiger partial charge in [-0.1, -0.05) is 6.08 Å². The summed E-state index contributed by atoms with van der Waals surface area (Å²) in [5.74, 6) is 0. The first-order valence-corrected chi connectivity index (χ1v) is 6.43. The van der Waals surface area contributed by atoms with Gasteiger partial charge in [-0.15, -0.1) is 6.58 Å². The zero-order valence-corrected chi connectivity index (χ0v) is 10.7.